The number of carbonyl (C=O) groups excluding carboxylic acids is 2. The maximum absolute atomic E-state index is 12.8. The lowest BCUT2D eigenvalue weighted by atomic mass is 10.0. The number of benzene rings is 2. The molecule has 2 aliphatic heterocycles. The van der Waals surface area contributed by atoms with Crippen molar-refractivity contribution in [2.75, 3.05) is 32.7 Å². The van der Waals surface area contributed by atoms with E-state index in [1.165, 1.54) is 11.9 Å². The predicted molar refractivity (Wildman–Crippen MR) is 123 cm³/mol. The van der Waals surface area contributed by atoms with Gasteiger partial charge in [-0.1, -0.05) is 34.1 Å². The van der Waals surface area contributed by atoms with Crippen molar-refractivity contribution in [1.82, 2.24) is 30.0 Å². The number of rotatable bonds is 6. The van der Waals surface area contributed by atoms with Crippen LogP contribution in [0.5, 0.6) is 0 Å². The molecule has 33 heavy (non-hydrogen) atoms. The van der Waals surface area contributed by atoms with Gasteiger partial charge in [0.25, 0.3) is 0 Å². The van der Waals surface area contributed by atoms with E-state index in [0.29, 0.717) is 18.6 Å². The van der Waals surface area contributed by atoms with Crippen LogP contribution in [0.4, 0.5) is 0 Å². The fraction of sp³-hybridized carbons (Fsp3) is 0.348. The Balaban J connectivity index is 1.10. The number of halogens is 1. The number of hydrogen-bond donors (Lipinski definition) is 0. The Morgan fingerprint density at radius 3 is 2.58 bits per heavy atom. The number of nitrogens with zero attached hydrogens (tertiary/aromatic N) is 6. The normalized spacial score (nSPS) is 16.0. The molecule has 2 aromatic carbocycles. The number of ether oxygens (including phenoxy) is 1. The lowest BCUT2D eigenvalue weighted by Crippen LogP contribution is -2.49. The van der Waals surface area contributed by atoms with Gasteiger partial charge in [0.2, 0.25) is 5.91 Å². The van der Waals surface area contributed by atoms with E-state index in [1.807, 2.05) is 41.3 Å². The first kappa shape index (κ1) is 21.7. The third-order valence-corrected chi connectivity index (χ3v) is 7.21. The number of amides is 1. The van der Waals surface area contributed by atoms with Gasteiger partial charge in [-0.05, 0) is 46.2 Å². The average Bonchev–Trinajstić information content (AvgIpc) is 3.50. The van der Waals surface area contributed by atoms with Crippen LogP contribution in [0.3, 0.4) is 0 Å². The number of cyclic esters (lactones) is 1. The minimum Gasteiger partial charge on any atom is -0.457 e. The molecule has 170 valence electrons. The van der Waals surface area contributed by atoms with Crippen LogP contribution in [0.2, 0.25) is 0 Å². The van der Waals surface area contributed by atoms with Crippen LogP contribution >= 0.6 is 15.9 Å². The number of carbonyl (C=O) groups is 2. The molecule has 10 heteroatoms. The maximum atomic E-state index is 12.8. The molecule has 0 radical (unpaired) electrons. The summed E-state index contributed by atoms with van der Waals surface area (Å²) in [5, 5.41) is 11.1. The van der Waals surface area contributed by atoms with Crippen molar-refractivity contribution >= 4 is 27.8 Å². The van der Waals surface area contributed by atoms with Gasteiger partial charge in [0.1, 0.15) is 12.9 Å². The molecule has 0 atom stereocenters. The topological polar surface area (TPSA) is 93.5 Å². The third kappa shape index (κ3) is 4.67. The van der Waals surface area contributed by atoms with Gasteiger partial charge in [0.15, 0.2) is 0 Å². The van der Waals surface area contributed by atoms with Crippen molar-refractivity contribution in [2.45, 2.75) is 19.4 Å². The van der Waals surface area contributed by atoms with Gasteiger partial charge in [-0.3, -0.25) is 9.69 Å². The summed E-state index contributed by atoms with van der Waals surface area (Å²) in [5.41, 5.74) is 4.61. The molecule has 3 aromatic rings. The van der Waals surface area contributed by atoms with E-state index < -0.39 is 0 Å². The predicted octanol–water partition coefficient (Wildman–Crippen LogP) is 2.02. The van der Waals surface area contributed by atoms with E-state index in [1.54, 1.807) is 4.68 Å². The Morgan fingerprint density at radius 2 is 1.85 bits per heavy atom. The van der Waals surface area contributed by atoms with Crippen LogP contribution in [-0.2, 0) is 29.0 Å². The van der Waals surface area contributed by atoms with Gasteiger partial charge in [0, 0.05) is 42.8 Å². The summed E-state index contributed by atoms with van der Waals surface area (Å²) in [7, 11) is 0. The third-order valence-electron chi connectivity index (χ3n) is 6.22. The molecular weight excluding hydrogens is 488 g/mol. The monoisotopic (exact) mass is 510 g/mol. The number of piperazine rings is 1. The molecule has 9 nitrogen and oxygen atoms in total. The molecule has 1 fully saturated rings. The number of hydrogen-bond acceptors (Lipinski definition) is 7. The Labute approximate surface area is 199 Å². The zero-order valence-corrected chi connectivity index (χ0v) is 19.6. The van der Waals surface area contributed by atoms with Gasteiger partial charge in [-0.2, -0.15) is 0 Å². The van der Waals surface area contributed by atoms with E-state index in [0.717, 1.165) is 60.4 Å². The van der Waals surface area contributed by atoms with E-state index in [2.05, 4.69) is 36.4 Å². The fourth-order valence-corrected chi connectivity index (χ4v) is 4.90. The smallest absolute Gasteiger partial charge is 0.338 e. The SMILES string of the molecule is O=C1OCc2c1ccc(CCN1CCN(C(=O)Cc3ccc(-n4cnnn4)cc3)CC1)c2Br. The second kappa shape index (κ2) is 9.40. The van der Waals surface area contributed by atoms with Gasteiger partial charge in [-0.15, -0.1) is 5.10 Å². The average molecular weight is 511 g/mol. The molecule has 1 amide bonds. The Bertz CT molecular complexity index is 1160. The molecule has 0 bridgehead atoms. The minimum absolute atomic E-state index is 0.149. The molecule has 0 saturated carbocycles. The van der Waals surface area contributed by atoms with Gasteiger partial charge in [-0.25, -0.2) is 9.48 Å². The summed E-state index contributed by atoms with van der Waals surface area (Å²) < 4.78 is 7.69. The van der Waals surface area contributed by atoms with E-state index in [-0.39, 0.29) is 11.9 Å². The molecule has 3 heterocycles. The molecule has 0 N–H and O–H groups in total. The van der Waals surface area contributed by atoms with Crippen molar-refractivity contribution < 1.29 is 14.3 Å². The highest BCUT2D eigenvalue weighted by atomic mass is 79.9. The van der Waals surface area contributed by atoms with Crippen LogP contribution in [0, 0.1) is 0 Å². The van der Waals surface area contributed by atoms with Crippen molar-refractivity contribution in [2.24, 2.45) is 0 Å². The number of fused-ring (bicyclic) bond motifs is 1. The van der Waals surface area contributed by atoms with Crippen LogP contribution in [-0.4, -0.2) is 74.6 Å². The second-order valence-corrected chi connectivity index (χ2v) is 9.00. The summed E-state index contributed by atoms with van der Waals surface area (Å²) in [6, 6.07) is 11.6. The Kier molecular flexibility index (Phi) is 6.19. The highest BCUT2D eigenvalue weighted by Crippen LogP contribution is 2.31. The zero-order chi connectivity index (χ0) is 22.8. The lowest BCUT2D eigenvalue weighted by Gasteiger charge is -2.35. The van der Waals surface area contributed by atoms with Gasteiger partial charge < -0.3 is 9.64 Å². The fourth-order valence-electron chi connectivity index (χ4n) is 4.24. The molecule has 5 rings (SSSR count). The van der Waals surface area contributed by atoms with Gasteiger partial charge in [0.05, 0.1) is 17.7 Å². The van der Waals surface area contributed by atoms with E-state index in [9.17, 15) is 9.59 Å². The molecular formula is C23H23BrN6O3. The summed E-state index contributed by atoms with van der Waals surface area (Å²) >= 11 is 3.65. The van der Waals surface area contributed by atoms with E-state index >= 15 is 0 Å². The first-order valence-electron chi connectivity index (χ1n) is 10.9. The number of tetrazole rings is 1. The molecule has 0 aliphatic carbocycles. The summed E-state index contributed by atoms with van der Waals surface area (Å²) in [6.07, 6.45) is 2.81. The quantitative estimate of drug-likeness (QED) is 0.468. The van der Waals surface area contributed by atoms with Crippen molar-refractivity contribution in [3.63, 3.8) is 0 Å². The summed E-state index contributed by atoms with van der Waals surface area (Å²) in [6.45, 7) is 4.42. The molecule has 1 saturated heterocycles. The first-order valence-corrected chi connectivity index (χ1v) is 11.7. The summed E-state index contributed by atoms with van der Waals surface area (Å²) in [5.74, 6) is -0.0997. The van der Waals surface area contributed by atoms with Gasteiger partial charge >= 0.3 is 5.97 Å². The van der Waals surface area contributed by atoms with Crippen LogP contribution in [0.25, 0.3) is 5.69 Å². The summed E-state index contributed by atoms with van der Waals surface area (Å²) in [4.78, 5) is 28.8. The highest BCUT2D eigenvalue weighted by Gasteiger charge is 2.25. The van der Waals surface area contributed by atoms with E-state index in [4.69, 9.17) is 4.74 Å². The first-order chi connectivity index (χ1) is 16.1. The van der Waals surface area contributed by atoms with Crippen molar-refractivity contribution in [3.05, 3.63) is 69.5 Å². The minimum atomic E-state index is -0.249. The van der Waals surface area contributed by atoms with Crippen molar-refractivity contribution in [1.29, 1.82) is 0 Å². The lowest BCUT2D eigenvalue weighted by molar-refractivity contribution is -0.132. The zero-order valence-electron chi connectivity index (χ0n) is 18.0. The second-order valence-electron chi connectivity index (χ2n) is 8.21. The number of aromatic nitrogens is 4. The standard InChI is InChI=1S/C23H23BrN6O3/c24-22-17(3-6-19-20(22)14-33-23(19)32)7-8-28-9-11-29(12-10-28)21(31)13-16-1-4-18(5-2-16)30-15-25-26-27-30/h1-6,15H,7-14H2. The molecule has 1 aromatic heterocycles. The largest absolute Gasteiger partial charge is 0.457 e. The molecule has 2 aliphatic rings. The molecule has 0 unspecified atom stereocenters. The Hall–Kier alpha value is -3.11. The Morgan fingerprint density at radius 1 is 1.06 bits per heavy atom. The van der Waals surface area contributed by atoms with Crippen LogP contribution in [0.15, 0.2) is 47.2 Å². The van der Waals surface area contributed by atoms with Crippen LogP contribution in [0.1, 0.15) is 27.0 Å². The number of esters is 1. The highest BCUT2D eigenvalue weighted by molar-refractivity contribution is 9.10. The molecule has 0 spiro atoms. The van der Waals surface area contributed by atoms with Crippen molar-refractivity contribution in [3.8, 4) is 5.69 Å². The maximum Gasteiger partial charge on any atom is 0.338 e. The van der Waals surface area contributed by atoms with Crippen LogP contribution < -0.4 is 0 Å².